The van der Waals surface area contributed by atoms with Gasteiger partial charge in [0.05, 0.1) is 24.1 Å². The van der Waals surface area contributed by atoms with Gasteiger partial charge in [-0.2, -0.15) is 4.98 Å². The van der Waals surface area contributed by atoms with Gasteiger partial charge in [-0.1, -0.05) is 23.7 Å². The summed E-state index contributed by atoms with van der Waals surface area (Å²) in [4.78, 5) is 26.9. The molecule has 2 heterocycles. The van der Waals surface area contributed by atoms with E-state index in [1.807, 2.05) is 42.5 Å². The van der Waals surface area contributed by atoms with E-state index in [2.05, 4.69) is 21.2 Å². The van der Waals surface area contributed by atoms with E-state index in [1.165, 1.54) is 0 Å². The van der Waals surface area contributed by atoms with Gasteiger partial charge in [0.15, 0.2) is 5.78 Å². The van der Waals surface area contributed by atoms with Gasteiger partial charge in [-0.05, 0) is 49.2 Å². The molecule has 2 aliphatic rings. The van der Waals surface area contributed by atoms with Crippen LogP contribution in [0.25, 0.3) is 0 Å². The predicted octanol–water partition coefficient (Wildman–Crippen LogP) is 4.73. The van der Waals surface area contributed by atoms with Crippen molar-refractivity contribution in [2.75, 3.05) is 48.4 Å². The first-order valence-electron chi connectivity index (χ1n) is 11.2. The average Bonchev–Trinajstić information content (AvgIpc) is 2.85. The number of hydrogen-bond donors (Lipinski definition) is 1. The Hall–Kier alpha value is -3.32. The number of piperazine rings is 1. The van der Waals surface area contributed by atoms with E-state index >= 15 is 0 Å². The molecule has 7 nitrogen and oxygen atoms in total. The number of aromatic nitrogens is 2. The minimum Gasteiger partial charge on any atom is -0.495 e. The fourth-order valence-corrected chi connectivity index (χ4v) is 4.58. The number of aryl methyl sites for hydroxylation is 1. The van der Waals surface area contributed by atoms with E-state index in [9.17, 15) is 4.79 Å². The van der Waals surface area contributed by atoms with Crippen LogP contribution < -0.4 is 19.9 Å². The first kappa shape index (κ1) is 21.5. The van der Waals surface area contributed by atoms with Crippen LogP contribution in [0.4, 0.5) is 23.1 Å². The van der Waals surface area contributed by atoms with Gasteiger partial charge in [0.25, 0.3) is 0 Å². The highest BCUT2D eigenvalue weighted by molar-refractivity contribution is 6.30. The molecule has 1 fully saturated rings. The topological polar surface area (TPSA) is 70.6 Å². The molecule has 0 radical (unpaired) electrons. The Labute approximate surface area is 198 Å². The van der Waals surface area contributed by atoms with E-state index < -0.39 is 0 Å². The average molecular weight is 464 g/mol. The van der Waals surface area contributed by atoms with Crippen LogP contribution in [-0.4, -0.2) is 49.0 Å². The third-order valence-corrected chi connectivity index (χ3v) is 6.42. The van der Waals surface area contributed by atoms with Crippen molar-refractivity contribution in [1.29, 1.82) is 0 Å². The fraction of sp³-hybridized carbons (Fsp3) is 0.320. The first-order valence-corrected chi connectivity index (χ1v) is 11.6. The molecule has 8 heteroatoms. The molecule has 1 N–H and O–H groups in total. The van der Waals surface area contributed by atoms with Crippen LogP contribution in [0.15, 0.2) is 48.5 Å². The van der Waals surface area contributed by atoms with Gasteiger partial charge in [0, 0.05) is 43.3 Å². The molecule has 0 spiro atoms. The number of nitrogens with zero attached hydrogens (tertiary/aromatic N) is 4. The number of para-hydroxylation sites is 2. The molecule has 0 atom stereocenters. The number of nitrogens with one attached hydrogen (secondary N) is 1. The molecule has 1 aliphatic carbocycles. The molecule has 0 unspecified atom stereocenters. The molecule has 0 amide bonds. The molecule has 1 saturated heterocycles. The zero-order valence-corrected chi connectivity index (χ0v) is 19.3. The Morgan fingerprint density at radius 2 is 1.67 bits per heavy atom. The quantitative estimate of drug-likeness (QED) is 0.586. The van der Waals surface area contributed by atoms with E-state index in [1.54, 1.807) is 7.11 Å². The summed E-state index contributed by atoms with van der Waals surface area (Å²) in [6, 6.07) is 15.5. The highest BCUT2D eigenvalue weighted by atomic mass is 35.5. The number of carbonyl (C=O) groups excluding carboxylic acids is 1. The molecule has 0 bridgehead atoms. The van der Waals surface area contributed by atoms with Crippen LogP contribution in [-0.2, 0) is 6.42 Å². The minimum absolute atomic E-state index is 0.0975. The molecular formula is C25H26ClN5O2. The molecule has 2 aromatic carbocycles. The first-order chi connectivity index (χ1) is 16.1. The molecule has 33 heavy (non-hydrogen) atoms. The maximum absolute atomic E-state index is 12.7. The number of hydrogen-bond acceptors (Lipinski definition) is 7. The molecule has 3 aromatic rings. The number of Topliss-reactive ketones (excluding diaryl/α,β-unsaturated/α-hetero) is 1. The number of rotatable bonds is 5. The molecule has 1 aliphatic heterocycles. The van der Waals surface area contributed by atoms with Gasteiger partial charge in [-0.3, -0.25) is 4.79 Å². The zero-order chi connectivity index (χ0) is 22.8. The normalized spacial score (nSPS) is 15.9. The van der Waals surface area contributed by atoms with Gasteiger partial charge in [-0.25, -0.2) is 4.98 Å². The summed E-state index contributed by atoms with van der Waals surface area (Å²) >= 11 is 6.03. The third kappa shape index (κ3) is 4.46. The van der Waals surface area contributed by atoms with Crippen molar-refractivity contribution in [3.05, 3.63) is 64.8 Å². The maximum atomic E-state index is 12.7. The van der Waals surface area contributed by atoms with Crippen molar-refractivity contribution in [1.82, 2.24) is 9.97 Å². The largest absolute Gasteiger partial charge is 0.495 e. The second kappa shape index (κ2) is 9.27. The van der Waals surface area contributed by atoms with Crippen molar-refractivity contribution in [3.8, 4) is 5.75 Å². The minimum atomic E-state index is 0.0975. The summed E-state index contributed by atoms with van der Waals surface area (Å²) in [5.74, 6) is 2.22. The molecule has 5 rings (SSSR count). The Bertz CT molecular complexity index is 1160. The number of ketones is 1. The molecule has 0 saturated carbocycles. The predicted molar refractivity (Wildman–Crippen MR) is 131 cm³/mol. The number of fused-ring (bicyclic) bond motifs is 1. The lowest BCUT2D eigenvalue weighted by molar-refractivity contribution is 0.0972. The second-order valence-electron chi connectivity index (χ2n) is 8.25. The summed E-state index contributed by atoms with van der Waals surface area (Å²) in [6.45, 7) is 3.23. The van der Waals surface area contributed by atoms with Crippen LogP contribution in [0.2, 0.25) is 5.02 Å². The lowest BCUT2D eigenvalue weighted by Gasteiger charge is -2.37. The van der Waals surface area contributed by atoms with Crippen LogP contribution in [0.3, 0.4) is 0 Å². The van der Waals surface area contributed by atoms with Crippen molar-refractivity contribution in [3.63, 3.8) is 0 Å². The number of halogens is 1. The van der Waals surface area contributed by atoms with E-state index in [4.69, 9.17) is 26.3 Å². The van der Waals surface area contributed by atoms with E-state index in [-0.39, 0.29) is 5.78 Å². The smallest absolute Gasteiger partial charge is 0.227 e. The van der Waals surface area contributed by atoms with Crippen molar-refractivity contribution >= 4 is 40.5 Å². The highest BCUT2D eigenvalue weighted by Crippen LogP contribution is 2.32. The van der Waals surface area contributed by atoms with Crippen molar-refractivity contribution in [2.24, 2.45) is 0 Å². The van der Waals surface area contributed by atoms with Gasteiger partial charge >= 0.3 is 0 Å². The summed E-state index contributed by atoms with van der Waals surface area (Å²) in [6.07, 6.45) is 2.14. The number of anilines is 4. The highest BCUT2D eigenvalue weighted by Gasteiger charge is 2.28. The van der Waals surface area contributed by atoms with Gasteiger partial charge in [0.2, 0.25) is 5.95 Å². The lowest BCUT2D eigenvalue weighted by Crippen LogP contribution is -2.47. The number of benzene rings is 2. The Morgan fingerprint density at radius 1 is 0.939 bits per heavy atom. The van der Waals surface area contributed by atoms with Crippen LogP contribution >= 0.6 is 11.6 Å². The number of methoxy groups -OCH3 is 1. The van der Waals surface area contributed by atoms with E-state index in [0.29, 0.717) is 28.8 Å². The summed E-state index contributed by atoms with van der Waals surface area (Å²) < 4.78 is 5.53. The molecule has 170 valence electrons. The van der Waals surface area contributed by atoms with Gasteiger partial charge < -0.3 is 19.9 Å². The van der Waals surface area contributed by atoms with Gasteiger partial charge in [0.1, 0.15) is 11.6 Å². The molecule has 1 aromatic heterocycles. The summed E-state index contributed by atoms with van der Waals surface area (Å²) in [5.41, 5.74) is 3.39. The monoisotopic (exact) mass is 463 g/mol. The Morgan fingerprint density at radius 3 is 2.42 bits per heavy atom. The molecular weight excluding hydrogens is 438 g/mol. The Balaban J connectivity index is 1.40. The number of ether oxygens (including phenoxy) is 1. The standard InChI is InChI=1S/C25H26ClN5O2/c1-33-22-8-3-2-6-20(22)30-13-15-31(16-14-30)25-28-19-5-4-7-21(32)23(19)24(29-25)27-18-11-9-17(26)10-12-18/h2-3,6,8-12H,4-5,7,13-16H2,1H3,(H,27,28,29). The van der Waals surface area contributed by atoms with Crippen LogP contribution in [0.5, 0.6) is 5.75 Å². The number of carbonyl (C=O) groups is 1. The van der Waals surface area contributed by atoms with Crippen molar-refractivity contribution in [2.45, 2.75) is 19.3 Å². The van der Waals surface area contributed by atoms with E-state index in [0.717, 1.165) is 61.8 Å². The van der Waals surface area contributed by atoms with Crippen molar-refractivity contribution < 1.29 is 9.53 Å². The SMILES string of the molecule is COc1ccccc1N1CCN(c2nc3c(c(Nc4ccc(Cl)cc4)n2)C(=O)CCC3)CC1. The third-order valence-electron chi connectivity index (χ3n) is 6.16. The van der Waals surface area contributed by atoms with Gasteiger partial charge in [-0.15, -0.1) is 0 Å². The summed E-state index contributed by atoms with van der Waals surface area (Å²) in [5, 5.41) is 4.00. The lowest BCUT2D eigenvalue weighted by atomic mass is 9.95. The van der Waals surface area contributed by atoms with Crippen LogP contribution in [0, 0.1) is 0 Å². The van der Waals surface area contributed by atoms with Crippen LogP contribution in [0.1, 0.15) is 28.9 Å². The second-order valence-corrected chi connectivity index (χ2v) is 8.68. The Kier molecular flexibility index (Phi) is 6.05. The fourth-order valence-electron chi connectivity index (χ4n) is 4.45. The summed E-state index contributed by atoms with van der Waals surface area (Å²) in [7, 11) is 1.70. The zero-order valence-electron chi connectivity index (χ0n) is 18.6. The maximum Gasteiger partial charge on any atom is 0.227 e.